The second-order valence-corrected chi connectivity index (χ2v) is 7.09. The van der Waals surface area contributed by atoms with Gasteiger partial charge in [-0.1, -0.05) is 54.2 Å². The maximum atomic E-state index is 14.2. The lowest BCUT2D eigenvalue weighted by molar-refractivity contribution is 0.594. The topological polar surface area (TPSA) is 30.7 Å². The van der Waals surface area contributed by atoms with Crippen LogP contribution in [0.15, 0.2) is 72.1 Å². The molecule has 4 aromatic rings. The molecular formula is C21H18FN3S. The Bertz CT molecular complexity index is 1060. The van der Waals surface area contributed by atoms with Crippen molar-refractivity contribution >= 4 is 22.8 Å². The highest BCUT2D eigenvalue weighted by molar-refractivity contribution is 7.98. The highest BCUT2D eigenvalue weighted by atomic mass is 32.2. The van der Waals surface area contributed by atoms with E-state index in [1.165, 1.54) is 17.2 Å². The number of hydrogen-bond acceptors (Lipinski definition) is 3. The Kier molecular flexibility index (Phi) is 4.71. The Hall–Kier alpha value is -2.66. The first-order valence-corrected chi connectivity index (χ1v) is 9.42. The van der Waals surface area contributed by atoms with E-state index in [4.69, 9.17) is 4.98 Å². The van der Waals surface area contributed by atoms with Crippen molar-refractivity contribution in [2.75, 3.05) is 0 Å². The molecule has 2 heterocycles. The number of imidazole rings is 1. The zero-order chi connectivity index (χ0) is 17.9. The first-order valence-electron chi connectivity index (χ1n) is 8.43. The minimum atomic E-state index is -0.201. The number of aryl methyl sites for hydroxylation is 1. The average Bonchev–Trinajstić information content (AvgIpc) is 3.01. The van der Waals surface area contributed by atoms with Crippen molar-refractivity contribution in [1.29, 1.82) is 0 Å². The molecule has 0 aliphatic rings. The number of pyridine rings is 1. The Morgan fingerprint density at radius 1 is 1.00 bits per heavy atom. The van der Waals surface area contributed by atoms with Crippen LogP contribution < -0.4 is 0 Å². The van der Waals surface area contributed by atoms with Crippen LogP contribution in [0.4, 0.5) is 4.39 Å². The number of fused-ring (bicyclic) bond motifs is 1. The molecule has 3 nitrogen and oxygen atoms in total. The van der Waals surface area contributed by atoms with Gasteiger partial charge in [0.2, 0.25) is 0 Å². The highest BCUT2D eigenvalue weighted by Crippen LogP contribution is 2.28. The van der Waals surface area contributed by atoms with E-state index in [-0.39, 0.29) is 5.82 Å². The minimum Gasteiger partial charge on any atom is -0.313 e. The predicted octanol–water partition coefficient (Wildman–Crippen LogP) is 5.22. The molecule has 0 bridgehead atoms. The van der Waals surface area contributed by atoms with E-state index in [1.54, 1.807) is 30.2 Å². The van der Waals surface area contributed by atoms with Gasteiger partial charge in [-0.3, -0.25) is 4.98 Å². The molecule has 0 unspecified atom stereocenters. The molecule has 0 atom stereocenters. The number of thioether (sulfide) groups is 1. The van der Waals surface area contributed by atoms with Crippen molar-refractivity contribution in [2.45, 2.75) is 24.4 Å². The van der Waals surface area contributed by atoms with Crippen molar-refractivity contribution in [2.24, 2.45) is 0 Å². The van der Waals surface area contributed by atoms with Gasteiger partial charge in [0.25, 0.3) is 0 Å². The number of hydrogen-bond donors (Lipinski definition) is 0. The highest BCUT2D eigenvalue weighted by Gasteiger charge is 2.14. The second-order valence-electron chi connectivity index (χ2n) is 6.15. The molecule has 0 fully saturated rings. The lowest BCUT2D eigenvalue weighted by Gasteiger charge is -2.10. The van der Waals surface area contributed by atoms with E-state index in [1.807, 2.05) is 28.8 Å². The molecule has 0 spiro atoms. The molecule has 0 N–H and O–H groups in total. The van der Waals surface area contributed by atoms with E-state index in [9.17, 15) is 4.39 Å². The second kappa shape index (κ2) is 7.30. The third-order valence-electron chi connectivity index (χ3n) is 4.42. The number of halogens is 1. The zero-order valence-electron chi connectivity index (χ0n) is 14.4. The number of nitrogens with zero attached hydrogens (tertiary/aromatic N) is 3. The molecule has 0 saturated carbocycles. The van der Waals surface area contributed by atoms with Crippen molar-refractivity contribution in [1.82, 2.24) is 14.5 Å². The molecular weight excluding hydrogens is 345 g/mol. The largest absolute Gasteiger partial charge is 0.313 e. The normalized spacial score (nSPS) is 11.2. The summed E-state index contributed by atoms with van der Waals surface area (Å²) < 4.78 is 16.2. The first-order chi connectivity index (χ1) is 12.7. The minimum absolute atomic E-state index is 0.201. The van der Waals surface area contributed by atoms with Crippen LogP contribution >= 0.6 is 11.8 Å². The fourth-order valence-electron chi connectivity index (χ4n) is 2.92. The summed E-state index contributed by atoms with van der Waals surface area (Å²) in [7, 11) is 0. The number of aromatic nitrogens is 3. The molecule has 0 saturated heterocycles. The van der Waals surface area contributed by atoms with Gasteiger partial charge in [-0.05, 0) is 30.2 Å². The molecule has 130 valence electrons. The van der Waals surface area contributed by atoms with Gasteiger partial charge < -0.3 is 4.57 Å². The molecule has 4 rings (SSSR count). The lowest BCUT2D eigenvalue weighted by atomic mass is 10.1. The summed E-state index contributed by atoms with van der Waals surface area (Å²) >= 11 is 1.67. The molecule has 0 aliphatic carbocycles. The van der Waals surface area contributed by atoms with E-state index in [0.29, 0.717) is 12.1 Å². The zero-order valence-corrected chi connectivity index (χ0v) is 15.2. The van der Waals surface area contributed by atoms with Crippen molar-refractivity contribution in [3.8, 4) is 0 Å². The van der Waals surface area contributed by atoms with Crippen LogP contribution in [-0.4, -0.2) is 14.5 Å². The Morgan fingerprint density at radius 3 is 2.58 bits per heavy atom. The van der Waals surface area contributed by atoms with Crippen molar-refractivity contribution in [3.63, 3.8) is 0 Å². The quantitative estimate of drug-likeness (QED) is 0.456. The summed E-state index contributed by atoms with van der Waals surface area (Å²) in [5, 5.41) is 0.875. The average molecular weight is 363 g/mol. The molecule has 0 radical (unpaired) electrons. The summed E-state index contributed by atoms with van der Waals surface area (Å²) in [5.41, 5.74) is 4.98. The Morgan fingerprint density at radius 2 is 1.77 bits per heavy atom. The van der Waals surface area contributed by atoms with Gasteiger partial charge in [0.05, 0.1) is 23.8 Å². The Labute approximate surface area is 155 Å². The lowest BCUT2D eigenvalue weighted by Crippen LogP contribution is -2.04. The van der Waals surface area contributed by atoms with Crippen LogP contribution in [0.2, 0.25) is 0 Å². The van der Waals surface area contributed by atoms with Gasteiger partial charge in [0.15, 0.2) is 5.16 Å². The third-order valence-corrected chi connectivity index (χ3v) is 5.45. The van der Waals surface area contributed by atoms with E-state index in [0.717, 1.165) is 21.9 Å². The molecule has 2 aromatic carbocycles. The maximum absolute atomic E-state index is 14.2. The van der Waals surface area contributed by atoms with Gasteiger partial charge in [-0.15, -0.1) is 0 Å². The summed E-state index contributed by atoms with van der Waals surface area (Å²) in [6, 6.07) is 17.1. The van der Waals surface area contributed by atoms with Crippen molar-refractivity contribution < 1.29 is 4.39 Å². The van der Waals surface area contributed by atoms with Crippen LogP contribution in [0.3, 0.4) is 0 Å². The maximum Gasteiger partial charge on any atom is 0.169 e. The number of rotatable bonds is 5. The first kappa shape index (κ1) is 16.8. The van der Waals surface area contributed by atoms with Crippen LogP contribution in [-0.2, 0) is 12.3 Å². The molecule has 0 amide bonds. The summed E-state index contributed by atoms with van der Waals surface area (Å²) in [6.45, 7) is 2.55. The fourth-order valence-corrected chi connectivity index (χ4v) is 4.01. The van der Waals surface area contributed by atoms with Gasteiger partial charge in [0, 0.05) is 17.5 Å². The monoisotopic (exact) mass is 363 g/mol. The molecule has 26 heavy (non-hydrogen) atoms. The van der Waals surface area contributed by atoms with Gasteiger partial charge >= 0.3 is 0 Å². The van der Waals surface area contributed by atoms with Gasteiger partial charge in [0.1, 0.15) is 5.82 Å². The number of benzene rings is 2. The molecule has 2 aromatic heterocycles. The fraction of sp³-hybridized carbons (Fsp3) is 0.143. The van der Waals surface area contributed by atoms with Crippen molar-refractivity contribution in [3.05, 3.63) is 89.5 Å². The standard InChI is InChI=1S/C21H18FN3S/c1-15-6-2-3-8-17(15)14-26-21-24-19-10-11-23-12-20(19)25(21)13-16-7-4-5-9-18(16)22/h2-12H,13-14H2,1H3. The summed E-state index contributed by atoms with van der Waals surface area (Å²) in [6.07, 6.45) is 3.53. The summed E-state index contributed by atoms with van der Waals surface area (Å²) in [4.78, 5) is 8.97. The predicted molar refractivity (Wildman–Crippen MR) is 104 cm³/mol. The van der Waals surface area contributed by atoms with Crippen LogP contribution in [0.25, 0.3) is 11.0 Å². The summed E-state index contributed by atoms with van der Waals surface area (Å²) in [5.74, 6) is 0.619. The SMILES string of the molecule is Cc1ccccc1CSc1nc2ccncc2n1Cc1ccccc1F. The van der Waals surface area contributed by atoms with Crippen LogP contribution in [0, 0.1) is 12.7 Å². The van der Waals surface area contributed by atoms with E-state index in [2.05, 4.69) is 30.1 Å². The van der Waals surface area contributed by atoms with E-state index >= 15 is 0 Å². The van der Waals surface area contributed by atoms with Gasteiger partial charge in [-0.2, -0.15) is 0 Å². The Balaban J connectivity index is 1.70. The van der Waals surface area contributed by atoms with Gasteiger partial charge in [-0.25, -0.2) is 9.37 Å². The molecule has 0 aliphatic heterocycles. The van der Waals surface area contributed by atoms with Crippen LogP contribution in [0.1, 0.15) is 16.7 Å². The molecule has 5 heteroatoms. The third kappa shape index (κ3) is 3.35. The van der Waals surface area contributed by atoms with E-state index < -0.39 is 0 Å². The smallest absolute Gasteiger partial charge is 0.169 e. The van der Waals surface area contributed by atoms with Crippen LogP contribution in [0.5, 0.6) is 0 Å².